The summed E-state index contributed by atoms with van der Waals surface area (Å²) in [7, 11) is 0. The van der Waals surface area contributed by atoms with Crippen LogP contribution >= 0.6 is 0 Å². The zero-order chi connectivity index (χ0) is 21.9. The SMILES string of the molecule is CC/C=C/N/C=C(\C)CNC(=O)c1cc(CC)cc(N(CC)C2CCOCC2)c1C. The highest BCUT2D eigenvalue weighted by molar-refractivity contribution is 5.97. The molecule has 0 aromatic heterocycles. The van der Waals surface area contributed by atoms with Gasteiger partial charge in [0.1, 0.15) is 0 Å². The Balaban J connectivity index is 2.19. The summed E-state index contributed by atoms with van der Waals surface area (Å²) >= 11 is 0. The smallest absolute Gasteiger partial charge is 0.251 e. The molecule has 0 spiro atoms. The van der Waals surface area contributed by atoms with Crippen molar-refractivity contribution in [3.05, 3.63) is 52.9 Å². The first-order valence-electron chi connectivity index (χ1n) is 11.3. The molecule has 1 aliphatic heterocycles. The standard InChI is InChI=1S/C25H39N3O2/c1-6-9-12-26-17-19(4)18-27-25(29)23-15-21(7-2)16-24(20(23)5)28(8-3)22-10-13-30-14-11-22/h9,12,15-17,22,26H,6-8,10-11,13-14,18H2,1-5H3,(H,27,29)/b12-9+,19-17+. The Bertz CT molecular complexity index is 749. The second-order valence-electron chi connectivity index (χ2n) is 7.92. The zero-order valence-electron chi connectivity index (χ0n) is 19.4. The first-order chi connectivity index (χ1) is 14.5. The van der Waals surface area contributed by atoms with Gasteiger partial charge in [-0.05, 0) is 81.5 Å². The van der Waals surface area contributed by atoms with E-state index >= 15 is 0 Å². The van der Waals surface area contributed by atoms with Crippen LogP contribution in [-0.2, 0) is 11.2 Å². The second-order valence-corrected chi connectivity index (χ2v) is 7.92. The zero-order valence-corrected chi connectivity index (χ0v) is 19.4. The Morgan fingerprint density at radius 3 is 2.60 bits per heavy atom. The molecule has 2 rings (SSSR count). The van der Waals surface area contributed by atoms with Crippen LogP contribution in [0.4, 0.5) is 5.69 Å². The summed E-state index contributed by atoms with van der Waals surface area (Å²) in [6, 6.07) is 4.78. The van der Waals surface area contributed by atoms with E-state index in [-0.39, 0.29) is 5.91 Å². The lowest BCUT2D eigenvalue weighted by Crippen LogP contribution is -2.40. The molecule has 30 heavy (non-hydrogen) atoms. The molecule has 0 atom stereocenters. The van der Waals surface area contributed by atoms with Crippen molar-refractivity contribution in [2.75, 3.05) is 31.2 Å². The van der Waals surface area contributed by atoms with Crippen LogP contribution in [0.1, 0.15) is 68.4 Å². The molecule has 0 aliphatic carbocycles. The van der Waals surface area contributed by atoms with Gasteiger partial charge in [-0.15, -0.1) is 0 Å². The van der Waals surface area contributed by atoms with Crippen LogP contribution in [0.25, 0.3) is 0 Å². The maximum absolute atomic E-state index is 13.0. The molecule has 1 heterocycles. The van der Waals surface area contributed by atoms with Crippen LogP contribution in [0.2, 0.25) is 0 Å². The van der Waals surface area contributed by atoms with Gasteiger partial charge in [0.25, 0.3) is 5.91 Å². The van der Waals surface area contributed by atoms with Gasteiger partial charge in [0.15, 0.2) is 0 Å². The summed E-state index contributed by atoms with van der Waals surface area (Å²) in [6.07, 6.45) is 9.88. The number of amides is 1. The first kappa shape index (κ1) is 24.0. The number of hydrogen-bond acceptors (Lipinski definition) is 4. The fourth-order valence-corrected chi connectivity index (χ4v) is 3.86. The van der Waals surface area contributed by atoms with Crippen LogP contribution in [0.3, 0.4) is 0 Å². The van der Waals surface area contributed by atoms with E-state index in [1.54, 1.807) is 0 Å². The molecule has 0 unspecified atom stereocenters. The number of carbonyl (C=O) groups excluding carboxylic acids is 1. The monoisotopic (exact) mass is 413 g/mol. The number of carbonyl (C=O) groups is 1. The van der Waals surface area contributed by atoms with Crippen LogP contribution in [0, 0.1) is 6.92 Å². The van der Waals surface area contributed by atoms with E-state index in [4.69, 9.17) is 4.74 Å². The molecule has 1 aromatic rings. The van der Waals surface area contributed by atoms with E-state index in [2.05, 4.69) is 55.4 Å². The van der Waals surface area contributed by atoms with Gasteiger partial charge in [0.05, 0.1) is 0 Å². The van der Waals surface area contributed by atoms with E-state index in [0.717, 1.165) is 62.1 Å². The molecule has 5 heteroatoms. The third-order valence-corrected chi connectivity index (χ3v) is 5.68. The number of hydrogen-bond donors (Lipinski definition) is 2. The fraction of sp³-hybridized carbons (Fsp3) is 0.560. The summed E-state index contributed by atoms with van der Waals surface area (Å²) in [4.78, 5) is 15.5. The highest BCUT2D eigenvalue weighted by Gasteiger charge is 2.24. The normalized spacial score (nSPS) is 15.4. The van der Waals surface area contributed by atoms with E-state index in [1.807, 2.05) is 25.4 Å². The molecule has 0 saturated carbocycles. The second kappa shape index (κ2) is 12.4. The van der Waals surface area contributed by atoms with Gasteiger partial charge in [-0.25, -0.2) is 0 Å². The average molecular weight is 414 g/mol. The quantitative estimate of drug-likeness (QED) is 0.583. The number of aryl methyl sites for hydroxylation is 1. The van der Waals surface area contributed by atoms with Crippen LogP contribution in [0.5, 0.6) is 0 Å². The number of anilines is 1. The van der Waals surface area contributed by atoms with Crippen molar-refractivity contribution in [1.29, 1.82) is 0 Å². The number of nitrogens with zero attached hydrogens (tertiary/aromatic N) is 1. The largest absolute Gasteiger partial charge is 0.381 e. The van der Waals surface area contributed by atoms with Crippen molar-refractivity contribution in [3.8, 4) is 0 Å². The molecule has 0 radical (unpaired) electrons. The third kappa shape index (κ3) is 6.63. The van der Waals surface area contributed by atoms with Crippen molar-refractivity contribution in [3.63, 3.8) is 0 Å². The Kier molecular flexibility index (Phi) is 9.95. The number of nitrogens with one attached hydrogen (secondary N) is 2. The topological polar surface area (TPSA) is 53.6 Å². The molecular weight excluding hydrogens is 374 g/mol. The van der Waals surface area contributed by atoms with Crippen molar-refractivity contribution < 1.29 is 9.53 Å². The minimum atomic E-state index is -0.0102. The van der Waals surface area contributed by atoms with Crippen LogP contribution in [0.15, 0.2) is 36.2 Å². The Morgan fingerprint density at radius 1 is 1.23 bits per heavy atom. The summed E-state index contributed by atoms with van der Waals surface area (Å²) in [5.41, 5.74) is 5.30. The van der Waals surface area contributed by atoms with Gasteiger partial charge in [-0.1, -0.05) is 19.9 Å². The van der Waals surface area contributed by atoms with Crippen molar-refractivity contribution >= 4 is 11.6 Å². The summed E-state index contributed by atoms with van der Waals surface area (Å²) < 4.78 is 5.56. The molecular formula is C25H39N3O2. The Hall–Kier alpha value is -2.27. The molecule has 1 fully saturated rings. The molecule has 5 nitrogen and oxygen atoms in total. The molecule has 1 aromatic carbocycles. The van der Waals surface area contributed by atoms with Gasteiger partial charge in [0.2, 0.25) is 0 Å². The summed E-state index contributed by atoms with van der Waals surface area (Å²) in [5.74, 6) is -0.0102. The number of ether oxygens (including phenoxy) is 1. The number of allylic oxidation sites excluding steroid dienone is 1. The highest BCUT2D eigenvalue weighted by atomic mass is 16.5. The number of rotatable bonds is 10. The van der Waals surface area contributed by atoms with Gasteiger partial charge in [0, 0.05) is 49.8 Å². The third-order valence-electron chi connectivity index (χ3n) is 5.68. The molecule has 1 aliphatic rings. The molecule has 1 amide bonds. The Labute approximate surface area is 182 Å². The van der Waals surface area contributed by atoms with Crippen LogP contribution in [-0.4, -0.2) is 38.3 Å². The Morgan fingerprint density at radius 2 is 1.97 bits per heavy atom. The lowest BCUT2D eigenvalue weighted by atomic mass is 9.97. The van der Waals surface area contributed by atoms with Gasteiger partial charge >= 0.3 is 0 Å². The van der Waals surface area contributed by atoms with Gasteiger partial charge in [-0.3, -0.25) is 4.79 Å². The predicted octanol–water partition coefficient (Wildman–Crippen LogP) is 4.71. The van der Waals surface area contributed by atoms with Gasteiger partial charge in [-0.2, -0.15) is 0 Å². The number of benzene rings is 1. The van der Waals surface area contributed by atoms with E-state index in [1.165, 1.54) is 11.3 Å². The van der Waals surface area contributed by atoms with Crippen LogP contribution < -0.4 is 15.5 Å². The molecule has 1 saturated heterocycles. The maximum atomic E-state index is 13.0. The van der Waals surface area contributed by atoms with E-state index in [0.29, 0.717) is 12.6 Å². The van der Waals surface area contributed by atoms with Gasteiger partial charge < -0.3 is 20.3 Å². The van der Waals surface area contributed by atoms with Crippen molar-refractivity contribution in [2.45, 2.75) is 66.3 Å². The van der Waals surface area contributed by atoms with E-state index < -0.39 is 0 Å². The summed E-state index contributed by atoms with van der Waals surface area (Å²) in [6.45, 7) is 13.6. The maximum Gasteiger partial charge on any atom is 0.251 e. The average Bonchev–Trinajstić information content (AvgIpc) is 2.77. The lowest BCUT2D eigenvalue weighted by Gasteiger charge is -2.37. The lowest BCUT2D eigenvalue weighted by molar-refractivity contribution is 0.0846. The molecule has 0 bridgehead atoms. The minimum Gasteiger partial charge on any atom is -0.381 e. The summed E-state index contributed by atoms with van der Waals surface area (Å²) in [5, 5.41) is 6.22. The predicted molar refractivity (Wildman–Crippen MR) is 126 cm³/mol. The van der Waals surface area contributed by atoms with Crippen molar-refractivity contribution in [2.24, 2.45) is 0 Å². The molecule has 2 N–H and O–H groups in total. The fourth-order valence-electron chi connectivity index (χ4n) is 3.86. The highest BCUT2D eigenvalue weighted by Crippen LogP contribution is 2.30. The molecule has 166 valence electrons. The first-order valence-corrected chi connectivity index (χ1v) is 11.3. The van der Waals surface area contributed by atoms with E-state index in [9.17, 15) is 4.79 Å². The minimum absolute atomic E-state index is 0.0102. The van der Waals surface area contributed by atoms with Crippen molar-refractivity contribution in [1.82, 2.24) is 10.6 Å².